The number of fused-ring (bicyclic) bond motifs is 2. The van der Waals surface area contributed by atoms with E-state index in [4.69, 9.17) is 9.47 Å². The van der Waals surface area contributed by atoms with Gasteiger partial charge in [0.15, 0.2) is 11.5 Å². The number of nitrogens with zero attached hydrogens (tertiary/aromatic N) is 1. The van der Waals surface area contributed by atoms with E-state index < -0.39 is 10.0 Å². The average molecular weight is 369 g/mol. The van der Waals surface area contributed by atoms with Crippen molar-refractivity contribution in [1.29, 1.82) is 0 Å². The fraction of sp³-hybridized carbons (Fsp3) is 0.300. The van der Waals surface area contributed by atoms with E-state index in [2.05, 4.69) is 6.07 Å². The predicted molar refractivity (Wildman–Crippen MR) is 96.5 cm³/mol. The van der Waals surface area contributed by atoms with Crippen LogP contribution in [0.2, 0.25) is 0 Å². The molecule has 1 aliphatic carbocycles. The Morgan fingerprint density at radius 3 is 2.62 bits per heavy atom. The van der Waals surface area contributed by atoms with E-state index in [1.165, 1.54) is 9.87 Å². The Kier molecular flexibility index (Phi) is 3.34. The smallest absolute Gasteiger partial charge is 0.263 e. The van der Waals surface area contributed by atoms with Crippen LogP contribution in [-0.2, 0) is 10.0 Å². The first-order valence-electron chi connectivity index (χ1n) is 8.70. The maximum atomic E-state index is 12.9. The van der Waals surface area contributed by atoms with Gasteiger partial charge in [-0.15, -0.1) is 0 Å². The van der Waals surface area contributed by atoms with Gasteiger partial charge in [-0.1, -0.05) is 29.8 Å². The fourth-order valence-corrected chi connectivity index (χ4v) is 5.33. The summed E-state index contributed by atoms with van der Waals surface area (Å²) in [5.74, 6) is 2.58. The lowest BCUT2D eigenvalue weighted by Crippen LogP contribution is -2.30. The van der Waals surface area contributed by atoms with Crippen molar-refractivity contribution in [3.63, 3.8) is 0 Å². The van der Waals surface area contributed by atoms with Crippen molar-refractivity contribution in [2.45, 2.75) is 17.7 Å². The molecule has 0 radical (unpaired) electrons. The third-order valence-corrected chi connectivity index (χ3v) is 7.26. The minimum Gasteiger partial charge on any atom is -0.454 e. The lowest BCUT2D eigenvalue weighted by atomic mass is 10.1. The quantitative estimate of drug-likeness (QED) is 0.833. The summed E-state index contributed by atoms with van der Waals surface area (Å²) in [5.41, 5.74) is 2.23. The van der Waals surface area contributed by atoms with E-state index in [9.17, 15) is 8.42 Å². The van der Waals surface area contributed by atoms with Gasteiger partial charge in [0.05, 0.1) is 4.90 Å². The molecule has 0 amide bonds. The van der Waals surface area contributed by atoms with Crippen molar-refractivity contribution in [2.24, 2.45) is 11.8 Å². The second-order valence-electron chi connectivity index (χ2n) is 7.11. The summed E-state index contributed by atoms with van der Waals surface area (Å²) in [6.45, 7) is 2.72. The Labute approximate surface area is 152 Å². The normalized spacial score (nSPS) is 25.9. The maximum Gasteiger partial charge on any atom is 0.263 e. The van der Waals surface area contributed by atoms with Crippen molar-refractivity contribution < 1.29 is 17.9 Å². The predicted octanol–water partition coefficient (Wildman–Crippen LogP) is 3.27. The molecule has 2 heterocycles. The van der Waals surface area contributed by atoms with Crippen LogP contribution in [0, 0.1) is 18.8 Å². The van der Waals surface area contributed by atoms with Gasteiger partial charge in [-0.3, -0.25) is 4.31 Å². The van der Waals surface area contributed by atoms with Crippen LogP contribution in [0.5, 0.6) is 11.5 Å². The van der Waals surface area contributed by atoms with Crippen LogP contribution in [0.25, 0.3) is 0 Å². The molecule has 1 saturated carbocycles. The summed E-state index contributed by atoms with van der Waals surface area (Å²) >= 11 is 0. The van der Waals surface area contributed by atoms with Crippen LogP contribution < -0.4 is 9.47 Å². The van der Waals surface area contributed by atoms with E-state index in [0.29, 0.717) is 29.2 Å². The van der Waals surface area contributed by atoms with Crippen molar-refractivity contribution in [3.05, 3.63) is 65.9 Å². The summed E-state index contributed by atoms with van der Waals surface area (Å²) in [6, 6.07) is 13.0. The molecule has 5 rings (SSSR count). The first kappa shape index (κ1) is 15.8. The zero-order valence-corrected chi connectivity index (χ0v) is 15.1. The van der Waals surface area contributed by atoms with E-state index in [1.807, 2.05) is 37.3 Å². The van der Waals surface area contributed by atoms with Crippen LogP contribution in [0.1, 0.15) is 17.0 Å². The van der Waals surface area contributed by atoms with Gasteiger partial charge in [0.25, 0.3) is 10.0 Å². The Hall–Kier alpha value is -2.47. The van der Waals surface area contributed by atoms with Gasteiger partial charge in [0.1, 0.15) is 0 Å². The van der Waals surface area contributed by atoms with E-state index >= 15 is 0 Å². The minimum atomic E-state index is -3.50. The van der Waals surface area contributed by atoms with Gasteiger partial charge < -0.3 is 9.47 Å². The third-order valence-electron chi connectivity index (χ3n) is 5.50. The summed E-state index contributed by atoms with van der Waals surface area (Å²) in [7, 11) is -3.50. The van der Waals surface area contributed by atoms with Crippen LogP contribution >= 0.6 is 0 Å². The van der Waals surface area contributed by atoms with Crippen LogP contribution in [0.4, 0.5) is 0 Å². The van der Waals surface area contributed by atoms with Crippen molar-refractivity contribution in [2.75, 3.05) is 13.3 Å². The van der Waals surface area contributed by atoms with Gasteiger partial charge in [-0.2, -0.15) is 0 Å². The molecular formula is C20H19NO4S. The van der Waals surface area contributed by atoms with Crippen molar-refractivity contribution >= 4 is 10.0 Å². The molecule has 0 aromatic heterocycles. The van der Waals surface area contributed by atoms with Gasteiger partial charge in [-0.25, -0.2) is 8.42 Å². The van der Waals surface area contributed by atoms with Crippen LogP contribution in [0.15, 0.2) is 59.6 Å². The highest BCUT2D eigenvalue weighted by atomic mass is 32.2. The molecule has 3 aliphatic rings. The largest absolute Gasteiger partial charge is 0.454 e. The zero-order valence-electron chi connectivity index (χ0n) is 14.3. The summed E-state index contributed by atoms with van der Waals surface area (Å²) in [6.07, 6.45) is 3.75. The lowest BCUT2D eigenvalue weighted by molar-refractivity contribution is 0.174. The van der Waals surface area contributed by atoms with E-state index in [0.717, 1.165) is 17.1 Å². The second kappa shape index (κ2) is 5.51. The number of benzene rings is 2. The molecule has 0 bridgehead atoms. The maximum absolute atomic E-state index is 12.9. The average Bonchev–Trinajstić information content (AvgIpc) is 3.17. The molecule has 1 fully saturated rings. The molecule has 0 saturated heterocycles. The third kappa shape index (κ3) is 2.40. The molecule has 26 heavy (non-hydrogen) atoms. The number of hydrogen-bond acceptors (Lipinski definition) is 4. The van der Waals surface area contributed by atoms with Gasteiger partial charge >= 0.3 is 0 Å². The number of ether oxygens (including phenoxy) is 2. The molecule has 2 aromatic rings. The highest BCUT2D eigenvalue weighted by molar-refractivity contribution is 7.89. The highest BCUT2D eigenvalue weighted by Gasteiger charge is 2.53. The molecule has 2 aromatic carbocycles. The Morgan fingerprint density at radius 2 is 1.81 bits per heavy atom. The molecule has 6 heteroatoms. The number of rotatable bonds is 3. The number of sulfonamides is 1. The van der Waals surface area contributed by atoms with Gasteiger partial charge in [0, 0.05) is 12.7 Å². The molecular weight excluding hydrogens is 350 g/mol. The summed E-state index contributed by atoms with van der Waals surface area (Å²) in [4.78, 5) is 0.339. The standard InChI is InChI=1S/C20H19NO4S/c1-13-2-5-15(6-3-13)26(22,23)21-9-8-16-17(11-21)20(16)14-4-7-18-19(10-14)25-12-24-18/h2-10,16-17,20H,11-12H2,1H3/t16-,17+,20+/m1/s1. The van der Waals surface area contributed by atoms with E-state index in [1.54, 1.807) is 18.3 Å². The molecule has 3 atom stereocenters. The zero-order chi connectivity index (χ0) is 17.9. The molecule has 0 unspecified atom stereocenters. The SMILES string of the molecule is Cc1ccc(S(=O)(=O)N2C=C[C@@H]3[C@H](C2)[C@H]3c2ccc3c(c2)OCO3)cc1. The summed E-state index contributed by atoms with van der Waals surface area (Å²) in [5, 5.41) is 0. The van der Waals surface area contributed by atoms with Crippen LogP contribution in [0.3, 0.4) is 0 Å². The number of hydrogen-bond donors (Lipinski definition) is 0. The van der Waals surface area contributed by atoms with Crippen LogP contribution in [-0.4, -0.2) is 26.1 Å². The molecule has 0 N–H and O–H groups in total. The Bertz CT molecular complexity index is 997. The first-order chi connectivity index (χ1) is 12.5. The molecule has 2 aliphatic heterocycles. The van der Waals surface area contributed by atoms with Crippen molar-refractivity contribution in [1.82, 2.24) is 4.31 Å². The number of allylic oxidation sites excluding steroid dienone is 1. The Morgan fingerprint density at radius 1 is 1.04 bits per heavy atom. The minimum absolute atomic E-state index is 0.263. The molecule has 5 nitrogen and oxygen atoms in total. The number of aryl methyl sites for hydroxylation is 1. The van der Waals surface area contributed by atoms with Gasteiger partial charge in [-0.05, 0) is 54.5 Å². The molecule has 0 spiro atoms. The fourth-order valence-electron chi connectivity index (χ4n) is 3.98. The molecule has 134 valence electrons. The highest BCUT2D eigenvalue weighted by Crippen LogP contribution is 2.58. The topological polar surface area (TPSA) is 55.8 Å². The monoisotopic (exact) mass is 369 g/mol. The Balaban J connectivity index is 1.37. The van der Waals surface area contributed by atoms with E-state index in [-0.39, 0.29) is 6.79 Å². The first-order valence-corrected chi connectivity index (χ1v) is 10.1. The van der Waals surface area contributed by atoms with Crippen molar-refractivity contribution in [3.8, 4) is 11.5 Å². The lowest BCUT2D eigenvalue weighted by Gasteiger charge is -2.23. The summed E-state index contributed by atoms with van der Waals surface area (Å²) < 4.78 is 38.1. The van der Waals surface area contributed by atoms with Gasteiger partial charge in [0.2, 0.25) is 6.79 Å². The second-order valence-corrected chi connectivity index (χ2v) is 9.00.